The van der Waals surface area contributed by atoms with Crippen molar-refractivity contribution in [3.63, 3.8) is 0 Å². The molecule has 0 heterocycles. The van der Waals surface area contributed by atoms with Crippen LogP contribution in [0, 0.1) is 0 Å². The molecule has 0 saturated carbocycles. The number of carbonyl (C=O) groups excluding carboxylic acids is 1. The molecule has 0 unspecified atom stereocenters. The Morgan fingerprint density at radius 1 is 0.429 bits per heavy atom. The van der Waals surface area contributed by atoms with Gasteiger partial charge in [0.25, 0.3) is 0 Å². The van der Waals surface area contributed by atoms with Gasteiger partial charge in [-0.3, -0.25) is 4.79 Å². The molecular weight excluding hydrogens is 556 g/mol. The Hall–Kier alpha value is -3.01. The van der Waals surface area contributed by atoms with Gasteiger partial charge < -0.3 is 19.6 Å². The first-order chi connectivity index (χ1) is 19.2. The van der Waals surface area contributed by atoms with Gasteiger partial charge in [-0.15, -0.1) is 0 Å². The molecule has 0 amide bonds. The molecule has 42 heavy (non-hydrogen) atoms. The molecule has 0 N–H and O–H groups in total. The fraction of sp³-hybridized carbons (Fsp3) is 0.552. The first kappa shape index (κ1) is 35.2. The van der Waals surface area contributed by atoms with Crippen LogP contribution in [0.15, 0.2) is 36.4 Å². The number of benzene rings is 2. The number of carbonyl (C=O) groups is 1. The van der Waals surface area contributed by atoms with Crippen LogP contribution in [0.5, 0.6) is 23.0 Å². The van der Waals surface area contributed by atoms with Crippen LogP contribution in [0.2, 0.25) is 0 Å². The highest BCUT2D eigenvalue weighted by atomic mass is 17.5. The predicted molar refractivity (Wildman–Crippen MR) is 147 cm³/mol. The molecule has 0 radical (unpaired) electrons. The van der Waals surface area contributed by atoms with E-state index in [-0.39, 0.29) is 34.1 Å². The predicted octanol–water partition coefficient (Wildman–Crippen LogP) is 7.08. The van der Waals surface area contributed by atoms with Gasteiger partial charge in [-0.2, -0.15) is 19.6 Å². The Labute approximate surface area is 246 Å². The topological polar surface area (TPSA) is 128 Å². The maximum atomic E-state index is 13.5. The van der Waals surface area contributed by atoms with Crippen LogP contribution in [-0.2, 0) is 39.7 Å². The second-order valence-corrected chi connectivity index (χ2v) is 13.0. The van der Waals surface area contributed by atoms with E-state index in [1.165, 1.54) is 36.4 Å². The molecule has 13 heteroatoms. The van der Waals surface area contributed by atoms with E-state index >= 15 is 0 Å². The number of hydrogen-bond donors (Lipinski definition) is 0. The third-order valence-corrected chi connectivity index (χ3v) is 4.04. The molecule has 0 atom stereocenters. The molecule has 0 bridgehead atoms. The standard InChI is InChI=1S/C29H42O13/c1-26(2,3)35-39-31-21-15-13-19(17-23(21)33-41-37-28(7,8)9)25(30)20-14-16-22(32-40-36-27(4,5)6)24(18-20)34-42-38-29(10,11)12/h13-18H,1-12H3. The first-order valence-electron chi connectivity index (χ1n) is 13.1. The van der Waals surface area contributed by atoms with E-state index in [9.17, 15) is 4.79 Å². The lowest BCUT2D eigenvalue weighted by Crippen LogP contribution is -2.21. The minimum atomic E-state index is -0.680. The summed E-state index contributed by atoms with van der Waals surface area (Å²) in [6.07, 6.45) is 0. The van der Waals surface area contributed by atoms with Gasteiger partial charge >= 0.3 is 0 Å². The molecule has 2 aromatic rings. The van der Waals surface area contributed by atoms with Gasteiger partial charge in [0, 0.05) is 11.1 Å². The average Bonchev–Trinajstić information content (AvgIpc) is 2.82. The van der Waals surface area contributed by atoms with Crippen LogP contribution in [0.1, 0.15) is 99.0 Å². The highest BCUT2D eigenvalue weighted by molar-refractivity contribution is 6.09. The zero-order valence-corrected chi connectivity index (χ0v) is 26.3. The molecule has 0 spiro atoms. The summed E-state index contributed by atoms with van der Waals surface area (Å²) in [6.45, 7) is 21.2. The van der Waals surface area contributed by atoms with Gasteiger partial charge in [0.2, 0.25) is 23.0 Å². The van der Waals surface area contributed by atoms with Gasteiger partial charge in [0.15, 0.2) is 5.78 Å². The van der Waals surface area contributed by atoms with E-state index in [0.717, 1.165) is 0 Å². The third kappa shape index (κ3) is 13.8. The van der Waals surface area contributed by atoms with Gasteiger partial charge in [0.05, 0.1) is 22.4 Å². The van der Waals surface area contributed by atoms with E-state index in [2.05, 4.69) is 0 Å². The Balaban J connectivity index is 2.33. The van der Waals surface area contributed by atoms with Crippen molar-refractivity contribution in [3.8, 4) is 23.0 Å². The molecule has 13 nitrogen and oxygen atoms in total. The van der Waals surface area contributed by atoms with Gasteiger partial charge in [-0.25, -0.2) is 0 Å². The number of ketones is 1. The molecule has 0 aliphatic rings. The number of rotatable bonds is 14. The quantitative estimate of drug-likeness (QED) is 0.125. The van der Waals surface area contributed by atoms with Gasteiger partial charge in [0.1, 0.15) is 0 Å². The minimum absolute atomic E-state index is 0.0336. The molecule has 0 aliphatic carbocycles. The van der Waals surface area contributed by atoms with E-state index in [0.29, 0.717) is 0 Å². The SMILES string of the molecule is CC(C)(C)OOOc1ccc(C(=O)c2ccc(OOOC(C)(C)C)c(OOOC(C)(C)C)c2)cc1OOOC(C)(C)C. The maximum absolute atomic E-state index is 13.5. The second kappa shape index (κ2) is 14.4. The highest BCUT2D eigenvalue weighted by Crippen LogP contribution is 2.34. The van der Waals surface area contributed by atoms with Crippen LogP contribution >= 0.6 is 0 Å². The van der Waals surface area contributed by atoms with Crippen LogP contribution in [0.4, 0.5) is 0 Å². The molecule has 2 rings (SSSR count). The smallest absolute Gasteiger partial charge is 0.215 e. The molecule has 0 aliphatic heterocycles. The summed E-state index contributed by atoms with van der Waals surface area (Å²) in [5.74, 6) is -0.410. The fourth-order valence-electron chi connectivity index (χ4n) is 2.36. The lowest BCUT2D eigenvalue weighted by atomic mass is 10.0. The summed E-state index contributed by atoms with van der Waals surface area (Å²) in [5.41, 5.74) is -2.28. The molecular formula is C29H42O13. The molecule has 236 valence electrons. The first-order valence-corrected chi connectivity index (χ1v) is 13.1. The summed E-state index contributed by atoms with van der Waals surface area (Å²) < 4.78 is 0. The molecule has 0 fully saturated rings. The normalized spacial score (nSPS) is 12.7. The highest BCUT2D eigenvalue weighted by Gasteiger charge is 2.22. The van der Waals surface area contributed by atoms with Crippen LogP contribution < -0.4 is 19.6 Å². The Morgan fingerprint density at radius 2 is 0.690 bits per heavy atom. The Kier molecular flexibility index (Phi) is 12.1. The zero-order valence-electron chi connectivity index (χ0n) is 26.3. The van der Waals surface area contributed by atoms with Crippen molar-refractivity contribution in [2.45, 2.75) is 105 Å². The minimum Gasteiger partial charge on any atom is -0.304 e. The zero-order chi connectivity index (χ0) is 31.8. The van der Waals surface area contributed by atoms with Crippen molar-refractivity contribution in [1.82, 2.24) is 0 Å². The van der Waals surface area contributed by atoms with Gasteiger partial charge in [-0.05, 0) is 140 Å². The van der Waals surface area contributed by atoms with Crippen molar-refractivity contribution in [3.05, 3.63) is 47.5 Å². The molecule has 2 aromatic carbocycles. The lowest BCUT2D eigenvalue weighted by Gasteiger charge is -2.19. The van der Waals surface area contributed by atoms with Gasteiger partial charge in [-0.1, -0.05) is 0 Å². The van der Waals surface area contributed by atoms with Crippen molar-refractivity contribution in [2.24, 2.45) is 0 Å². The van der Waals surface area contributed by atoms with Crippen LogP contribution in [0.25, 0.3) is 0 Å². The van der Waals surface area contributed by atoms with E-state index in [1.54, 1.807) is 83.1 Å². The molecule has 0 aromatic heterocycles. The molecule has 0 saturated heterocycles. The fourth-order valence-corrected chi connectivity index (χ4v) is 2.36. The largest absolute Gasteiger partial charge is 0.304 e. The average molecular weight is 599 g/mol. The van der Waals surface area contributed by atoms with E-state index < -0.39 is 28.2 Å². The summed E-state index contributed by atoms with van der Waals surface area (Å²) in [5, 5.41) is 19.5. The van der Waals surface area contributed by atoms with Crippen molar-refractivity contribution in [1.29, 1.82) is 0 Å². The maximum Gasteiger partial charge on any atom is 0.215 e. The summed E-state index contributed by atoms with van der Waals surface area (Å²) >= 11 is 0. The summed E-state index contributed by atoms with van der Waals surface area (Å²) in [4.78, 5) is 55.1. The lowest BCUT2D eigenvalue weighted by molar-refractivity contribution is -0.506. The van der Waals surface area contributed by atoms with Crippen LogP contribution in [0.3, 0.4) is 0 Å². The summed E-state index contributed by atoms with van der Waals surface area (Å²) in [6, 6.07) is 8.58. The van der Waals surface area contributed by atoms with E-state index in [1.807, 2.05) is 0 Å². The Bertz CT molecular complexity index is 1060. The third-order valence-electron chi connectivity index (χ3n) is 4.04. The van der Waals surface area contributed by atoms with Crippen molar-refractivity contribution in [2.75, 3.05) is 0 Å². The van der Waals surface area contributed by atoms with Crippen LogP contribution in [-0.4, -0.2) is 28.2 Å². The van der Waals surface area contributed by atoms with E-state index in [4.69, 9.17) is 59.3 Å². The monoisotopic (exact) mass is 598 g/mol. The van der Waals surface area contributed by atoms with Crippen molar-refractivity contribution >= 4 is 5.78 Å². The van der Waals surface area contributed by atoms with Crippen molar-refractivity contribution < 1.29 is 64.0 Å². The second-order valence-electron chi connectivity index (χ2n) is 13.0. The summed E-state index contributed by atoms with van der Waals surface area (Å²) in [7, 11) is 0. The number of hydrogen-bond acceptors (Lipinski definition) is 13. The Morgan fingerprint density at radius 3 is 0.952 bits per heavy atom.